The number of carbonyl (C=O) groups is 1. The van der Waals surface area contributed by atoms with Crippen molar-refractivity contribution < 1.29 is 9.72 Å². The molecule has 1 amide bonds. The van der Waals surface area contributed by atoms with Gasteiger partial charge in [-0.3, -0.25) is 25.0 Å². The van der Waals surface area contributed by atoms with E-state index in [2.05, 4.69) is 10.3 Å². The molecule has 8 nitrogen and oxygen atoms in total. The SMILES string of the molecule is Cc1cccc(Cn2cc(C(=O)Nc3ncc([N+](=O)[O-])s3)ccc2=O)c1. The number of thiazole rings is 1. The van der Waals surface area contributed by atoms with Crippen LogP contribution < -0.4 is 10.9 Å². The standard InChI is InChI=1S/C17H14N4O4S/c1-11-3-2-4-12(7-11)9-20-10-13(5-6-14(20)22)16(23)19-17-18-8-15(26-17)21(24)25/h2-8,10H,9H2,1H3,(H,18,19,23). The minimum atomic E-state index is -0.574. The number of pyridine rings is 1. The van der Waals surface area contributed by atoms with Crippen LogP contribution in [0, 0.1) is 17.0 Å². The molecule has 1 aromatic carbocycles. The number of nitrogens with one attached hydrogen (secondary N) is 1. The Kier molecular flexibility index (Phi) is 4.90. The molecule has 0 aliphatic rings. The lowest BCUT2D eigenvalue weighted by Gasteiger charge is -2.09. The molecule has 0 saturated carbocycles. The Bertz CT molecular complexity index is 1040. The van der Waals surface area contributed by atoms with Gasteiger partial charge in [-0.25, -0.2) is 4.98 Å². The second-order valence-electron chi connectivity index (χ2n) is 5.59. The molecule has 0 unspecified atom stereocenters. The van der Waals surface area contributed by atoms with Gasteiger partial charge in [0, 0.05) is 12.3 Å². The summed E-state index contributed by atoms with van der Waals surface area (Å²) >= 11 is 0.765. The summed E-state index contributed by atoms with van der Waals surface area (Å²) in [5.74, 6) is -0.493. The molecule has 0 bridgehead atoms. The third-order valence-corrected chi connectivity index (χ3v) is 4.44. The normalized spacial score (nSPS) is 10.5. The van der Waals surface area contributed by atoms with Crippen molar-refractivity contribution in [1.82, 2.24) is 9.55 Å². The molecule has 0 spiro atoms. The summed E-state index contributed by atoms with van der Waals surface area (Å²) in [7, 11) is 0. The summed E-state index contributed by atoms with van der Waals surface area (Å²) < 4.78 is 1.44. The van der Waals surface area contributed by atoms with Crippen LogP contribution in [0.2, 0.25) is 0 Å². The molecule has 0 aliphatic heterocycles. The Morgan fingerprint density at radius 1 is 1.35 bits per heavy atom. The van der Waals surface area contributed by atoms with Crippen LogP contribution >= 0.6 is 11.3 Å². The van der Waals surface area contributed by atoms with Gasteiger partial charge in [-0.2, -0.15) is 0 Å². The van der Waals surface area contributed by atoms with Crippen molar-refractivity contribution in [3.63, 3.8) is 0 Å². The molecule has 3 rings (SSSR count). The maximum Gasteiger partial charge on any atom is 0.345 e. The van der Waals surface area contributed by atoms with Gasteiger partial charge in [0.15, 0.2) is 5.13 Å². The summed E-state index contributed by atoms with van der Waals surface area (Å²) in [6, 6.07) is 10.5. The van der Waals surface area contributed by atoms with Gasteiger partial charge in [0.2, 0.25) is 0 Å². The number of amides is 1. The third-order valence-electron chi connectivity index (χ3n) is 3.57. The van der Waals surface area contributed by atoms with Crippen molar-refractivity contribution in [2.75, 3.05) is 5.32 Å². The van der Waals surface area contributed by atoms with Gasteiger partial charge >= 0.3 is 5.00 Å². The van der Waals surface area contributed by atoms with Crippen LogP contribution in [-0.2, 0) is 6.54 Å². The molecule has 3 aromatic rings. The number of hydrogen-bond donors (Lipinski definition) is 1. The Morgan fingerprint density at radius 3 is 2.85 bits per heavy atom. The average molecular weight is 370 g/mol. The lowest BCUT2D eigenvalue weighted by atomic mass is 10.1. The lowest BCUT2D eigenvalue weighted by molar-refractivity contribution is -0.380. The number of rotatable bonds is 5. The number of aryl methyl sites for hydroxylation is 1. The van der Waals surface area contributed by atoms with E-state index in [0.29, 0.717) is 6.54 Å². The van der Waals surface area contributed by atoms with Gasteiger partial charge in [0.05, 0.1) is 17.0 Å². The highest BCUT2D eigenvalue weighted by molar-refractivity contribution is 7.18. The fourth-order valence-corrected chi connectivity index (χ4v) is 3.00. The van der Waals surface area contributed by atoms with E-state index in [1.807, 2.05) is 31.2 Å². The van der Waals surface area contributed by atoms with E-state index in [1.54, 1.807) is 0 Å². The Morgan fingerprint density at radius 2 is 2.15 bits per heavy atom. The van der Waals surface area contributed by atoms with Crippen molar-refractivity contribution in [2.45, 2.75) is 13.5 Å². The van der Waals surface area contributed by atoms with Gasteiger partial charge in [-0.15, -0.1) is 0 Å². The molecule has 9 heteroatoms. The monoisotopic (exact) mass is 370 g/mol. The molecule has 2 aromatic heterocycles. The zero-order valence-electron chi connectivity index (χ0n) is 13.7. The van der Waals surface area contributed by atoms with E-state index in [9.17, 15) is 19.7 Å². The highest BCUT2D eigenvalue weighted by atomic mass is 32.1. The molecular formula is C17H14N4O4S. The van der Waals surface area contributed by atoms with Crippen LogP contribution in [0.1, 0.15) is 21.5 Å². The summed E-state index contributed by atoms with van der Waals surface area (Å²) in [5.41, 5.74) is 2.05. The fourth-order valence-electron chi connectivity index (χ4n) is 2.37. The number of hydrogen-bond acceptors (Lipinski definition) is 6. The van der Waals surface area contributed by atoms with Crippen LogP contribution in [0.5, 0.6) is 0 Å². The number of anilines is 1. The molecule has 0 fully saturated rings. The van der Waals surface area contributed by atoms with Crippen LogP contribution in [-0.4, -0.2) is 20.4 Å². The van der Waals surface area contributed by atoms with E-state index in [1.165, 1.54) is 22.9 Å². The molecular weight excluding hydrogens is 356 g/mol. The first-order valence-corrected chi connectivity index (χ1v) is 8.41. The van der Waals surface area contributed by atoms with Gasteiger partial charge < -0.3 is 4.57 Å². The van der Waals surface area contributed by atoms with E-state index >= 15 is 0 Å². The Labute approximate surface area is 151 Å². The van der Waals surface area contributed by atoms with Crippen LogP contribution in [0.15, 0.2) is 53.6 Å². The molecule has 26 heavy (non-hydrogen) atoms. The van der Waals surface area contributed by atoms with Crippen molar-refractivity contribution in [2.24, 2.45) is 0 Å². The second kappa shape index (κ2) is 7.28. The predicted molar refractivity (Wildman–Crippen MR) is 97.7 cm³/mol. The predicted octanol–water partition coefficient (Wildman–Crippen LogP) is 2.82. The second-order valence-corrected chi connectivity index (χ2v) is 6.60. The van der Waals surface area contributed by atoms with E-state index in [-0.39, 0.29) is 21.3 Å². The zero-order valence-corrected chi connectivity index (χ0v) is 14.5. The molecule has 0 aliphatic carbocycles. The molecule has 1 N–H and O–H groups in total. The summed E-state index contributed by atoms with van der Waals surface area (Å²) in [5, 5.41) is 13.1. The maximum absolute atomic E-state index is 12.3. The van der Waals surface area contributed by atoms with Crippen molar-refractivity contribution in [3.05, 3.63) is 86.0 Å². The van der Waals surface area contributed by atoms with E-state index in [4.69, 9.17) is 0 Å². The summed E-state index contributed by atoms with van der Waals surface area (Å²) in [6.45, 7) is 2.30. The van der Waals surface area contributed by atoms with Gasteiger partial charge in [0.25, 0.3) is 11.5 Å². The largest absolute Gasteiger partial charge is 0.345 e. The Balaban J connectivity index is 1.80. The Hall–Kier alpha value is -3.33. The quantitative estimate of drug-likeness (QED) is 0.549. The maximum atomic E-state index is 12.3. The average Bonchev–Trinajstić information content (AvgIpc) is 3.05. The van der Waals surface area contributed by atoms with E-state index < -0.39 is 10.8 Å². The number of benzene rings is 1. The number of nitrogens with zero attached hydrogens (tertiary/aromatic N) is 3. The number of nitro groups is 1. The summed E-state index contributed by atoms with van der Waals surface area (Å²) in [6.07, 6.45) is 2.54. The highest BCUT2D eigenvalue weighted by Gasteiger charge is 2.15. The van der Waals surface area contributed by atoms with Crippen molar-refractivity contribution in [3.8, 4) is 0 Å². The first-order valence-electron chi connectivity index (χ1n) is 7.60. The summed E-state index contributed by atoms with van der Waals surface area (Å²) in [4.78, 5) is 38.3. The van der Waals surface area contributed by atoms with E-state index in [0.717, 1.165) is 28.7 Å². The first-order chi connectivity index (χ1) is 12.4. The zero-order chi connectivity index (χ0) is 18.7. The molecule has 132 valence electrons. The number of carbonyl (C=O) groups excluding carboxylic acids is 1. The fraction of sp³-hybridized carbons (Fsp3) is 0.118. The van der Waals surface area contributed by atoms with Crippen molar-refractivity contribution in [1.29, 1.82) is 0 Å². The van der Waals surface area contributed by atoms with Crippen LogP contribution in [0.25, 0.3) is 0 Å². The minimum Gasteiger partial charge on any atom is -0.310 e. The molecule has 0 atom stereocenters. The minimum absolute atomic E-state index is 0.123. The van der Waals surface area contributed by atoms with Crippen LogP contribution in [0.3, 0.4) is 0 Å². The highest BCUT2D eigenvalue weighted by Crippen LogP contribution is 2.25. The van der Waals surface area contributed by atoms with Gasteiger partial charge in [-0.1, -0.05) is 29.8 Å². The molecule has 2 heterocycles. The molecule has 0 saturated heterocycles. The lowest BCUT2D eigenvalue weighted by Crippen LogP contribution is -2.22. The first kappa shape index (κ1) is 17.5. The smallest absolute Gasteiger partial charge is 0.310 e. The van der Waals surface area contributed by atoms with Crippen LogP contribution in [0.4, 0.5) is 10.1 Å². The molecule has 0 radical (unpaired) electrons. The third kappa shape index (κ3) is 4.01. The topological polar surface area (TPSA) is 107 Å². The van der Waals surface area contributed by atoms with Gasteiger partial charge in [0.1, 0.15) is 6.20 Å². The van der Waals surface area contributed by atoms with Gasteiger partial charge in [-0.05, 0) is 29.9 Å². The van der Waals surface area contributed by atoms with Crippen molar-refractivity contribution >= 4 is 27.4 Å². The number of aromatic nitrogens is 2.